The molecule has 0 radical (unpaired) electrons. The van der Waals surface area contributed by atoms with Gasteiger partial charge in [-0.2, -0.15) is 0 Å². The molecule has 0 atom stereocenters. The van der Waals surface area contributed by atoms with Gasteiger partial charge in [0.2, 0.25) is 0 Å². The van der Waals surface area contributed by atoms with Crippen molar-refractivity contribution in [1.82, 2.24) is 23.9 Å². The highest BCUT2D eigenvalue weighted by molar-refractivity contribution is 6.26. The van der Waals surface area contributed by atoms with E-state index in [1.807, 2.05) is 48.5 Å². The molecule has 0 saturated carbocycles. The van der Waals surface area contributed by atoms with Crippen molar-refractivity contribution in [2.75, 3.05) is 0 Å². The second-order valence-corrected chi connectivity index (χ2v) is 16.3. The zero-order valence-electron chi connectivity index (χ0n) is 33.7. The van der Waals surface area contributed by atoms with Gasteiger partial charge < -0.3 is 13.4 Å². The van der Waals surface area contributed by atoms with Crippen LogP contribution in [0.4, 0.5) is 0 Å². The quantitative estimate of drug-likeness (QED) is 0.174. The van der Waals surface area contributed by atoms with Crippen LogP contribution in [-0.4, -0.2) is 23.9 Å². The number of para-hydroxylation sites is 4. The first-order valence-electron chi connectivity index (χ1n) is 21.3. The molecule has 6 heteroatoms. The molecule has 5 aromatic heterocycles. The third-order valence-electron chi connectivity index (χ3n) is 12.9. The average Bonchev–Trinajstić information content (AvgIpc) is 4.10. The highest BCUT2D eigenvalue weighted by Gasteiger charge is 2.25. The molecule has 0 N–H and O–H groups in total. The topological polar surface area (TPSA) is 61.2 Å². The van der Waals surface area contributed by atoms with E-state index in [4.69, 9.17) is 19.4 Å². The van der Waals surface area contributed by atoms with Crippen molar-refractivity contribution in [2.45, 2.75) is 0 Å². The van der Waals surface area contributed by atoms with Gasteiger partial charge in [0, 0.05) is 48.8 Å². The molecule has 0 aliphatic heterocycles. The van der Waals surface area contributed by atoms with E-state index in [0.29, 0.717) is 17.5 Å². The Morgan fingerprint density at radius 2 is 0.889 bits per heavy atom. The Morgan fingerprint density at radius 1 is 0.349 bits per heavy atom. The van der Waals surface area contributed by atoms with Crippen LogP contribution < -0.4 is 0 Å². The molecule has 14 rings (SSSR count). The number of furan rings is 1. The number of hydrogen-bond acceptors (Lipinski definition) is 4. The number of fused-ring (bicyclic) bond motifs is 12. The molecule has 0 aliphatic rings. The third-order valence-corrected chi connectivity index (χ3v) is 12.9. The first kappa shape index (κ1) is 34.1. The molecule has 63 heavy (non-hydrogen) atoms. The average molecular weight is 804 g/mol. The number of aromatic nitrogens is 5. The molecule has 292 valence electrons. The first-order valence-corrected chi connectivity index (χ1v) is 21.3. The predicted molar refractivity (Wildman–Crippen MR) is 258 cm³/mol. The molecular weight excluding hydrogens is 771 g/mol. The fourth-order valence-corrected chi connectivity index (χ4v) is 10.1. The third kappa shape index (κ3) is 4.91. The van der Waals surface area contributed by atoms with Gasteiger partial charge in [-0.15, -0.1) is 0 Å². The van der Waals surface area contributed by atoms with Crippen LogP contribution in [0, 0.1) is 0 Å². The van der Waals surface area contributed by atoms with Gasteiger partial charge in [0.25, 0.3) is 0 Å². The van der Waals surface area contributed by atoms with Crippen molar-refractivity contribution in [2.24, 2.45) is 0 Å². The second kappa shape index (κ2) is 12.9. The minimum atomic E-state index is 0.544. The Hall–Kier alpha value is -8.61. The highest BCUT2D eigenvalue weighted by Crippen LogP contribution is 2.45. The fraction of sp³-hybridized carbons (Fsp3) is 0. The molecule has 0 unspecified atom stereocenters. The second-order valence-electron chi connectivity index (χ2n) is 16.3. The van der Waals surface area contributed by atoms with Gasteiger partial charge >= 0.3 is 0 Å². The van der Waals surface area contributed by atoms with E-state index in [1.165, 1.54) is 48.9 Å². The molecule has 14 aromatic rings. The Morgan fingerprint density at radius 3 is 1.65 bits per heavy atom. The smallest absolute Gasteiger partial charge is 0.167 e. The van der Waals surface area contributed by atoms with Crippen LogP contribution in [0.3, 0.4) is 0 Å². The van der Waals surface area contributed by atoms with Crippen molar-refractivity contribution in [3.05, 3.63) is 200 Å². The summed E-state index contributed by atoms with van der Waals surface area (Å²) >= 11 is 0. The van der Waals surface area contributed by atoms with Crippen molar-refractivity contribution in [3.63, 3.8) is 0 Å². The lowest BCUT2D eigenvalue weighted by Gasteiger charge is -2.13. The zero-order valence-corrected chi connectivity index (χ0v) is 33.7. The molecule has 0 bridgehead atoms. The van der Waals surface area contributed by atoms with Crippen LogP contribution in [0.1, 0.15) is 0 Å². The summed E-state index contributed by atoms with van der Waals surface area (Å²) < 4.78 is 11.8. The molecule has 6 nitrogen and oxygen atoms in total. The van der Waals surface area contributed by atoms with Crippen molar-refractivity contribution in [3.8, 4) is 51.0 Å². The molecule has 0 amide bonds. The van der Waals surface area contributed by atoms with E-state index in [9.17, 15) is 0 Å². The standard InChI is InChI=1S/C57H33N5O/c1-3-14-34(15-4-1)35-26-28-37(29-27-35)56-58-55(36-16-5-2-6-17-36)59-57(60-56)43-30-31-48(52-42-20-9-12-25-51(42)63-54(43)52)61-46-23-10-8-19-39(46)44-32-45-41-22-13-21-40-38-18-7-11-24-47(38)62(53(40)41)50(45)33-49(44)61/h1-33H. The predicted octanol–water partition coefficient (Wildman–Crippen LogP) is 14.7. The van der Waals surface area contributed by atoms with Gasteiger partial charge in [-0.1, -0.05) is 158 Å². The molecular formula is C57H33N5O. The maximum Gasteiger partial charge on any atom is 0.167 e. The van der Waals surface area contributed by atoms with Crippen LogP contribution in [-0.2, 0) is 0 Å². The Kier molecular flexibility index (Phi) is 7.02. The minimum Gasteiger partial charge on any atom is -0.455 e. The van der Waals surface area contributed by atoms with Crippen molar-refractivity contribution < 1.29 is 4.42 Å². The van der Waals surface area contributed by atoms with Gasteiger partial charge in [-0.3, -0.25) is 0 Å². The molecule has 0 fully saturated rings. The molecule has 0 saturated heterocycles. The molecule has 0 aliphatic carbocycles. The van der Waals surface area contributed by atoms with Crippen LogP contribution in [0.25, 0.3) is 133 Å². The maximum absolute atomic E-state index is 6.93. The lowest BCUT2D eigenvalue weighted by Crippen LogP contribution is -2.01. The van der Waals surface area contributed by atoms with Crippen LogP contribution in [0.2, 0.25) is 0 Å². The van der Waals surface area contributed by atoms with Crippen LogP contribution in [0.5, 0.6) is 0 Å². The summed E-state index contributed by atoms with van der Waals surface area (Å²) in [4.78, 5) is 15.5. The van der Waals surface area contributed by atoms with E-state index < -0.39 is 0 Å². The monoisotopic (exact) mass is 803 g/mol. The Balaban J connectivity index is 1.03. The summed E-state index contributed by atoms with van der Waals surface area (Å²) in [6.45, 7) is 0. The lowest BCUT2D eigenvalue weighted by molar-refractivity contribution is 0.669. The minimum absolute atomic E-state index is 0.544. The van der Waals surface area contributed by atoms with Gasteiger partial charge in [0.1, 0.15) is 11.2 Å². The normalized spacial score (nSPS) is 12.1. The largest absolute Gasteiger partial charge is 0.455 e. The maximum atomic E-state index is 6.93. The lowest BCUT2D eigenvalue weighted by atomic mass is 10.0. The Labute approximate surface area is 359 Å². The van der Waals surface area contributed by atoms with E-state index >= 15 is 0 Å². The number of benzene rings is 9. The zero-order chi connectivity index (χ0) is 41.2. The summed E-state index contributed by atoms with van der Waals surface area (Å²) in [6, 6.07) is 70.6. The first-order chi connectivity index (χ1) is 31.2. The summed E-state index contributed by atoms with van der Waals surface area (Å²) in [5.74, 6) is 1.73. The number of nitrogens with zero attached hydrogens (tertiary/aromatic N) is 5. The van der Waals surface area contributed by atoms with Crippen molar-refractivity contribution in [1.29, 1.82) is 0 Å². The fourth-order valence-electron chi connectivity index (χ4n) is 10.1. The van der Waals surface area contributed by atoms with Crippen LogP contribution in [0.15, 0.2) is 205 Å². The summed E-state index contributed by atoms with van der Waals surface area (Å²) in [7, 11) is 0. The van der Waals surface area contributed by atoms with Gasteiger partial charge in [0.05, 0.1) is 44.2 Å². The molecule has 9 aromatic carbocycles. The molecule has 0 spiro atoms. The highest BCUT2D eigenvalue weighted by atomic mass is 16.3. The van der Waals surface area contributed by atoms with E-state index in [1.54, 1.807) is 0 Å². The van der Waals surface area contributed by atoms with Gasteiger partial charge in [-0.05, 0) is 53.6 Å². The van der Waals surface area contributed by atoms with Crippen molar-refractivity contribution >= 4 is 81.8 Å². The number of rotatable bonds is 5. The summed E-state index contributed by atoms with van der Waals surface area (Å²) in [5.41, 5.74) is 13.4. The molecule has 5 heterocycles. The van der Waals surface area contributed by atoms with E-state index in [-0.39, 0.29) is 0 Å². The summed E-state index contributed by atoms with van der Waals surface area (Å²) in [6.07, 6.45) is 0. The SMILES string of the molecule is c1ccc(-c2ccc(-c3nc(-c4ccccc4)nc(-c4ccc(-n5c6ccccc6c6cc7c8cccc9c%10ccccc%10n(c7cc65)c98)c5c4oc4ccccc45)n3)cc2)cc1. The Bertz CT molecular complexity index is 4130. The van der Waals surface area contributed by atoms with E-state index in [0.717, 1.165) is 66.5 Å². The van der Waals surface area contributed by atoms with Gasteiger partial charge in [0.15, 0.2) is 17.5 Å². The van der Waals surface area contributed by atoms with Crippen LogP contribution >= 0.6 is 0 Å². The van der Waals surface area contributed by atoms with E-state index in [2.05, 4.69) is 161 Å². The summed E-state index contributed by atoms with van der Waals surface area (Å²) in [5, 5.41) is 9.49. The van der Waals surface area contributed by atoms with Gasteiger partial charge in [-0.25, -0.2) is 15.0 Å². The number of hydrogen-bond donors (Lipinski definition) is 0.